The third-order valence-electron chi connectivity index (χ3n) is 4.24. The maximum Gasteiger partial charge on any atom is 0.0558 e. The van der Waals surface area contributed by atoms with Gasteiger partial charge in [-0.2, -0.15) is 0 Å². The van der Waals surface area contributed by atoms with Gasteiger partial charge in [0.2, 0.25) is 0 Å². The first-order valence-corrected chi connectivity index (χ1v) is 6.16. The second-order valence-electron chi connectivity index (χ2n) is 5.05. The van der Waals surface area contributed by atoms with Crippen molar-refractivity contribution >= 4 is 0 Å². The van der Waals surface area contributed by atoms with Gasteiger partial charge in [0.15, 0.2) is 0 Å². The van der Waals surface area contributed by atoms with E-state index in [0.717, 1.165) is 30.8 Å². The molecular weight excluding hydrogens is 174 g/mol. The van der Waals surface area contributed by atoms with Crippen molar-refractivity contribution in [3.8, 4) is 0 Å². The molecule has 0 aliphatic heterocycles. The molecule has 0 amide bonds. The molecule has 3 atom stereocenters. The van der Waals surface area contributed by atoms with Crippen LogP contribution in [0.4, 0.5) is 0 Å². The molecule has 2 heteroatoms. The zero-order chi connectivity index (χ0) is 9.97. The van der Waals surface area contributed by atoms with E-state index in [1.807, 2.05) is 0 Å². The number of hydrogen-bond acceptors (Lipinski definition) is 2. The van der Waals surface area contributed by atoms with Crippen molar-refractivity contribution in [1.82, 2.24) is 4.90 Å². The minimum absolute atomic E-state index is 0.314. The maximum atomic E-state index is 8.93. The molecule has 14 heavy (non-hydrogen) atoms. The van der Waals surface area contributed by atoms with E-state index < -0.39 is 0 Å². The molecule has 0 spiro atoms. The number of fused-ring (bicyclic) bond motifs is 2. The van der Waals surface area contributed by atoms with Gasteiger partial charge in [0.25, 0.3) is 0 Å². The van der Waals surface area contributed by atoms with Gasteiger partial charge in [-0.05, 0) is 43.6 Å². The first-order chi connectivity index (χ1) is 6.83. The van der Waals surface area contributed by atoms with E-state index in [9.17, 15) is 0 Å². The van der Waals surface area contributed by atoms with Crippen LogP contribution >= 0.6 is 0 Å². The van der Waals surface area contributed by atoms with Crippen molar-refractivity contribution in [2.24, 2.45) is 17.8 Å². The third-order valence-corrected chi connectivity index (χ3v) is 4.24. The quantitative estimate of drug-likeness (QED) is 0.725. The Bertz CT molecular complexity index is 183. The summed E-state index contributed by atoms with van der Waals surface area (Å²) in [5, 5.41) is 8.93. The summed E-state index contributed by atoms with van der Waals surface area (Å²) >= 11 is 0. The average Bonchev–Trinajstić information content (AvgIpc) is 2.78. The van der Waals surface area contributed by atoms with Crippen molar-refractivity contribution in [2.75, 3.05) is 26.2 Å². The lowest BCUT2D eigenvalue weighted by molar-refractivity contribution is 0.159. The van der Waals surface area contributed by atoms with Gasteiger partial charge < -0.3 is 10.0 Å². The minimum atomic E-state index is 0.314. The predicted molar refractivity (Wildman–Crippen MR) is 58.1 cm³/mol. The summed E-state index contributed by atoms with van der Waals surface area (Å²) in [7, 11) is 0. The van der Waals surface area contributed by atoms with Crippen molar-refractivity contribution in [2.45, 2.75) is 32.6 Å². The van der Waals surface area contributed by atoms with Crippen LogP contribution < -0.4 is 0 Å². The molecule has 2 aliphatic carbocycles. The molecule has 0 radical (unpaired) electrons. The normalized spacial score (nSPS) is 35.8. The summed E-state index contributed by atoms with van der Waals surface area (Å²) in [6.07, 6.45) is 5.94. The molecule has 0 aromatic carbocycles. The second-order valence-corrected chi connectivity index (χ2v) is 5.05. The molecule has 2 fully saturated rings. The highest BCUT2D eigenvalue weighted by molar-refractivity contribution is 4.91. The Morgan fingerprint density at radius 3 is 2.64 bits per heavy atom. The highest BCUT2D eigenvalue weighted by Crippen LogP contribution is 2.48. The summed E-state index contributed by atoms with van der Waals surface area (Å²) < 4.78 is 0. The Labute approximate surface area is 87.3 Å². The molecule has 2 saturated carbocycles. The van der Waals surface area contributed by atoms with Crippen LogP contribution in [0.1, 0.15) is 32.6 Å². The molecule has 0 heterocycles. The van der Waals surface area contributed by atoms with Gasteiger partial charge in [0, 0.05) is 13.1 Å². The number of aliphatic hydroxyl groups is 1. The van der Waals surface area contributed by atoms with Crippen molar-refractivity contribution in [3.05, 3.63) is 0 Å². The van der Waals surface area contributed by atoms with Crippen LogP contribution in [0, 0.1) is 17.8 Å². The van der Waals surface area contributed by atoms with Crippen molar-refractivity contribution < 1.29 is 5.11 Å². The van der Waals surface area contributed by atoms with E-state index in [1.54, 1.807) is 0 Å². The summed E-state index contributed by atoms with van der Waals surface area (Å²) in [4.78, 5) is 2.41. The topological polar surface area (TPSA) is 23.5 Å². The van der Waals surface area contributed by atoms with E-state index in [1.165, 1.54) is 32.2 Å². The van der Waals surface area contributed by atoms with Crippen LogP contribution in [0.3, 0.4) is 0 Å². The molecule has 2 nitrogen and oxygen atoms in total. The fourth-order valence-electron chi connectivity index (χ4n) is 3.45. The molecule has 82 valence electrons. The van der Waals surface area contributed by atoms with Gasteiger partial charge in [-0.3, -0.25) is 0 Å². The number of aliphatic hydroxyl groups excluding tert-OH is 1. The Hall–Kier alpha value is -0.0800. The van der Waals surface area contributed by atoms with Gasteiger partial charge in [0.05, 0.1) is 6.61 Å². The summed E-state index contributed by atoms with van der Waals surface area (Å²) in [6, 6.07) is 0. The molecule has 2 rings (SSSR count). The number of rotatable bonds is 5. The van der Waals surface area contributed by atoms with Crippen LogP contribution in [-0.2, 0) is 0 Å². The van der Waals surface area contributed by atoms with E-state index in [0.29, 0.717) is 6.61 Å². The zero-order valence-corrected chi connectivity index (χ0v) is 9.28. The monoisotopic (exact) mass is 197 g/mol. The Balaban J connectivity index is 1.79. The van der Waals surface area contributed by atoms with E-state index in [4.69, 9.17) is 5.11 Å². The molecule has 3 unspecified atom stereocenters. The van der Waals surface area contributed by atoms with Crippen molar-refractivity contribution in [1.29, 1.82) is 0 Å². The zero-order valence-electron chi connectivity index (χ0n) is 9.28. The molecule has 0 saturated heterocycles. The largest absolute Gasteiger partial charge is 0.395 e. The highest BCUT2D eigenvalue weighted by Gasteiger charge is 2.39. The fraction of sp³-hybridized carbons (Fsp3) is 1.00. The van der Waals surface area contributed by atoms with E-state index >= 15 is 0 Å². The number of nitrogens with zero attached hydrogens (tertiary/aromatic N) is 1. The first-order valence-electron chi connectivity index (χ1n) is 6.16. The lowest BCUT2D eigenvalue weighted by atomic mass is 9.88. The van der Waals surface area contributed by atoms with Crippen LogP contribution in [-0.4, -0.2) is 36.2 Å². The fourth-order valence-corrected chi connectivity index (χ4v) is 3.45. The maximum absolute atomic E-state index is 8.93. The Morgan fingerprint density at radius 2 is 2.14 bits per heavy atom. The Morgan fingerprint density at radius 1 is 1.29 bits per heavy atom. The molecule has 0 aromatic heterocycles. The van der Waals surface area contributed by atoms with Crippen LogP contribution in [0.5, 0.6) is 0 Å². The predicted octanol–water partition coefficient (Wildman–Crippen LogP) is 1.74. The molecule has 1 N–H and O–H groups in total. The van der Waals surface area contributed by atoms with Gasteiger partial charge in [-0.25, -0.2) is 0 Å². The van der Waals surface area contributed by atoms with E-state index in [2.05, 4.69) is 11.8 Å². The first kappa shape index (κ1) is 10.4. The summed E-state index contributed by atoms with van der Waals surface area (Å²) in [5.41, 5.74) is 0. The molecular formula is C12H23NO. The van der Waals surface area contributed by atoms with Gasteiger partial charge >= 0.3 is 0 Å². The summed E-state index contributed by atoms with van der Waals surface area (Å²) in [6.45, 7) is 5.70. The number of likely N-dealkylation sites (N-methyl/N-ethyl adjacent to an activating group) is 1. The SMILES string of the molecule is CCN(CCO)CC1CC2CCC1C2. The van der Waals surface area contributed by atoms with Crippen molar-refractivity contribution in [3.63, 3.8) is 0 Å². The second kappa shape index (κ2) is 4.63. The van der Waals surface area contributed by atoms with Crippen LogP contribution in [0.2, 0.25) is 0 Å². The highest BCUT2D eigenvalue weighted by atomic mass is 16.3. The smallest absolute Gasteiger partial charge is 0.0558 e. The molecule has 0 aromatic rings. The minimum Gasteiger partial charge on any atom is -0.395 e. The van der Waals surface area contributed by atoms with Gasteiger partial charge in [0.1, 0.15) is 0 Å². The number of hydrogen-bond donors (Lipinski definition) is 1. The van der Waals surface area contributed by atoms with E-state index in [-0.39, 0.29) is 0 Å². The van der Waals surface area contributed by atoms with Gasteiger partial charge in [-0.15, -0.1) is 0 Å². The molecule has 2 aliphatic rings. The van der Waals surface area contributed by atoms with Crippen LogP contribution in [0.15, 0.2) is 0 Å². The molecule has 2 bridgehead atoms. The van der Waals surface area contributed by atoms with Crippen LogP contribution in [0.25, 0.3) is 0 Å². The Kier molecular flexibility index (Phi) is 3.45. The lowest BCUT2D eigenvalue weighted by Gasteiger charge is -2.28. The third kappa shape index (κ3) is 2.12. The average molecular weight is 197 g/mol. The van der Waals surface area contributed by atoms with Gasteiger partial charge in [-0.1, -0.05) is 13.3 Å². The summed E-state index contributed by atoms with van der Waals surface area (Å²) in [5.74, 6) is 3.02. The standard InChI is InChI=1S/C12H23NO/c1-2-13(5-6-14)9-12-8-10-3-4-11(12)7-10/h10-12,14H,2-9H2,1H3. The lowest BCUT2D eigenvalue weighted by Crippen LogP contribution is -2.33.